The summed E-state index contributed by atoms with van der Waals surface area (Å²) in [6, 6.07) is 15.7. The quantitative estimate of drug-likeness (QED) is 0.472. The predicted molar refractivity (Wildman–Crippen MR) is 111 cm³/mol. The van der Waals surface area contributed by atoms with Crippen LogP contribution < -0.4 is 5.56 Å². The van der Waals surface area contributed by atoms with E-state index in [2.05, 4.69) is 19.9 Å². The lowest BCUT2D eigenvalue weighted by Crippen LogP contribution is -2.23. The Labute approximate surface area is 163 Å². The fourth-order valence-electron chi connectivity index (χ4n) is 3.54. The molecule has 0 saturated carbocycles. The van der Waals surface area contributed by atoms with Crippen LogP contribution in [0.5, 0.6) is 0 Å². The molecular formula is C22H24N2O2S. The first-order chi connectivity index (χ1) is 13.1. The van der Waals surface area contributed by atoms with E-state index in [9.17, 15) is 4.79 Å². The van der Waals surface area contributed by atoms with Crippen LogP contribution in [0.25, 0.3) is 16.6 Å². The maximum Gasteiger partial charge on any atom is 0.266 e. The Kier molecular flexibility index (Phi) is 5.32. The minimum atomic E-state index is -0.0106. The molecular weight excluding hydrogens is 356 g/mol. The van der Waals surface area contributed by atoms with Crippen molar-refractivity contribution in [2.75, 3.05) is 12.4 Å². The fourth-order valence-corrected chi connectivity index (χ4v) is 4.62. The van der Waals surface area contributed by atoms with Crippen molar-refractivity contribution in [2.45, 2.75) is 43.9 Å². The number of aromatic nitrogens is 2. The van der Waals surface area contributed by atoms with Gasteiger partial charge in [-0.15, -0.1) is 0 Å². The van der Waals surface area contributed by atoms with E-state index >= 15 is 0 Å². The molecule has 5 heteroatoms. The Bertz CT molecular complexity index is 1010. The monoisotopic (exact) mass is 380 g/mol. The third-order valence-electron chi connectivity index (χ3n) is 4.97. The summed E-state index contributed by atoms with van der Waals surface area (Å²) in [6.07, 6.45) is 2.43. The molecule has 0 bridgehead atoms. The van der Waals surface area contributed by atoms with Gasteiger partial charge in [-0.05, 0) is 42.5 Å². The van der Waals surface area contributed by atoms with E-state index < -0.39 is 0 Å². The highest BCUT2D eigenvalue weighted by molar-refractivity contribution is 7.99. The highest BCUT2D eigenvalue weighted by Gasteiger charge is 2.20. The van der Waals surface area contributed by atoms with Gasteiger partial charge in [-0.2, -0.15) is 0 Å². The number of nitrogens with zero attached hydrogens (tertiary/aromatic N) is 2. The second-order valence-corrected chi connectivity index (χ2v) is 8.20. The number of hydrogen-bond donors (Lipinski definition) is 0. The van der Waals surface area contributed by atoms with Gasteiger partial charge in [-0.25, -0.2) is 4.98 Å². The summed E-state index contributed by atoms with van der Waals surface area (Å²) < 4.78 is 7.55. The van der Waals surface area contributed by atoms with Crippen LogP contribution in [0.3, 0.4) is 0 Å². The lowest BCUT2D eigenvalue weighted by atomic mass is 10.0. The molecule has 2 aromatic carbocycles. The van der Waals surface area contributed by atoms with Crippen molar-refractivity contribution in [3.63, 3.8) is 0 Å². The molecule has 0 radical (unpaired) electrons. The Hall–Kier alpha value is -2.11. The smallest absolute Gasteiger partial charge is 0.266 e. The predicted octanol–water partition coefficient (Wildman–Crippen LogP) is 4.78. The van der Waals surface area contributed by atoms with Gasteiger partial charge < -0.3 is 4.74 Å². The van der Waals surface area contributed by atoms with Crippen molar-refractivity contribution >= 4 is 22.7 Å². The van der Waals surface area contributed by atoms with Crippen molar-refractivity contribution in [1.29, 1.82) is 0 Å². The van der Waals surface area contributed by atoms with Crippen LogP contribution in [0.4, 0.5) is 0 Å². The number of thioether (sulfide) groups is 1. The van der Waals surface area contributed by atoms with Gasteiger partial charge in [0, 0.05) is 12.4 Å². The maximum atomic E-state index is 13.4. The van der Waals surface area contributed by atoms with Crippen LogP contribution in [-0.2, 0) is 4.74 Å². The second kappa shape index (κ2) is 7.87. The Balaban J connectivity index is 1.87. The van der Waals surface area contributed by atoms with Gasteiger partial charge in [0.25, 0.3) is 5.56 Å². The lowest BCUT2D eigenvalue weighted by Gasteiger charge is -2.18. The summed E-state index contributed by atoms with van der Waals surface area (Å²) >= 11 is 1.62. The molecule has 0 aliphatic carbocycles. The minimum Gasteiger partial charge on any atom is -0.377 e. The molecule has 0 spiro atoms. The van der Waals surface area contributed by atoms with Gasteiger partial charge in [0.1, 0.15) is 0 Å². The summed E-state index contributed by atoms with van der Waals surface area (Å²) in [5.41, 5.74) is 2.81. The van der Waals surface area contributed by atoms with Crippen LogP contribution in [-0.4, -0.2) is 28.0 Å². The van der Waals surface area contributed by atoms with Crippen LogP contribution >= 0.6 is 11.8 Å². The molecule has 3 aromatic rings. The Morgan fingerprint density at radius 3 is 2.74 bits per heavy atom. The molecule has 4 nitrogen and oxygen atoms in total. The van der Waals surface area contributed by atoms with Crippen LogP contribution in [0.2, 0.25) is 0 Å². The largest absolute Gasteiger partial charge is 0.377 e. The number of hydrogen-bond acceptors (Lipinski definition) is 4. The highest BCUT2D eigenvalue weighted by Crippen LogP contribution is 2.28. The normalized spacial score (nSPS) is 17.1. The van der Waals surface area contributed by atoms with Gasteiger partial charge in [-0.3, -0.25) is 9.36 Å². The number of fused-ring (bicyclic) bond motifs is 1. The molecule has 2 heterocycles. The van der Waals surface area contributed by atoms with Gasteiger partial charge >= 0.3 is 0 Å². The summed E-state index contributed by atoms with van der Waals surface area (Å²) in [5, 5.41) is 1.39. The molecule has 1 aliphatic rings. The van der Waals surface area contributed by atoms with Crippen molar-refractivity contribution in [3.05, 3.63) is 64.4 Å². The van der Waals surface area contributed by atoms with Gasteiger partial charge in [-0.1, -0.05) is 55.9 Å². The SMILES string of the molecule is CC(C)c1ccccc1-n1c(SC[C@@H]2CCCO2)nc2ccccc2c1=O. The van der Waals surface area contributed by atoms with E-state index in [1.165, 1.54) is 0 Å². The standard InChI is InChI=1S/C22H24N2O2S/c1-15(2)17-9-4-6-12-20(17)24-21(25)18-10-3-5-11-19(18)23-22(24)27-14-16-8-7-13-26-16/h3-6,9-12,15-16H,7-8,13-14H2,1-2H3/t16-/m0/s1. The molecule has 1 aliphatic heterocycles. The van der Waals surface area contributed by atoms with E-state index in [0.717, 1.165) is 47.1 Å². The molecule has 1 aromatic heterocycles. The van der Waals surface area contributed by atoms with Crippen molar-refractivity contribution in [1.82, 2.24) is 9.55 Å². The zero-order valence-electron chi connectivity index (χ0n) is 15.7. The highest BCUT2D eigenvalue weighted by atomic mass is 32.2. The van der Waals surface area contributed by atoms with Crippen molar-refractivity contribution < 1.29 is 4.74 Å². The number of ether oxygens (including phenoxy) is 1. The third-order valence-corrected chi connectivity index (χ3v) is 6.04. The van der Waals surface area contributed by atoms with E-state index in [4.69, 9.17) is 9.72 Å². The Morgan fingerprint density at radius 2 is 1.96 bits per heavy atom. The molecule has 1 saturated heterocycles. The van der Waals surface area contributed by atoms with Crippen molar-refractivity contribution in [3.8, 4) is 5.69 Å². The third kappa shape index (κ3) is 3.66. The van der Waals surface area contributed by atoms with Crippen molar-refractivity contribution in [2.24, 2.45) is 0 Å². The van der Waals surface area contributed by atoms with Crippen LogP contribution in [0.15, 0.2) is 58.5 Å². The lowest BCUT2D eigenvalue weighted by molar-refractivity contribution is 0.129. The van der Waals surface area contributed by atoms with E-state index in [1.807, 2.05) is 42.5 Å². The topological polar surface area (TPSA) is 44.1 Å². The molecule has 0 N–H and O–H groups in total. The first-order valence-electron chi connectivity index (χ1n) is 9.50. The van der Waals surface area contributed by atoms with Crippen LogP contribution in [0.1, 0.15) is 38.2 Å². The fraction of sp³-hybridized carbons (Fsp3) is 0.364. The summed E-state index contributed by atoms with van der Waals surface area (Å²) in [6.45, 7) is 5.13. The molecule has 0 unspecified atom stereocenters. The number of para-hydroxylation sites is 2. The zero-order valence-corrected chi connectivity index (χ0v) is 16.5. The number of rotatable bonds is 5. The Morgan fingerprint density at radius 1 is 1.19 bits per heavy atom. The number of benzene rings is 2. The average molecular weight is 381 g/mol. The first-order valence-corrected chi connectivity index (χ1v) is 10.5. The molecule has 1 atom stereocenters. The second-order valence-electron chi connectivity index (χ2n) is 7.21. The van der Waals surface area contributed by atoms with E-state index in [0.29, 0.717) is 11.3 Å². The van der Waals surface area contributed by atoms with Gasteiger partial charge in [0.15, 0.2) is 5.16 Å². The zero-order chi connectivity index (χ0) is 18.8. The summed E-state index contributed by atoms with van der Waals surface area (Å²) in [5.74, 6) is 1.13. The van der Waals surface area contributed by atoms with Gasteiger partial charge in [0.05, 0.1) is 22.7 Å². The van der Waals surface area contributed by atoms with Gasteiger partial charge in [0.2, 0.25) is 0 Å². The molecule has 27 heavy (non-hydrogen) atoms. The van der Waals surface area contributed by atoms with E-state index in [1.54, 1.807) is 16.3 Å². The maximum absolute atomic E-state index is 13.4. The average Bonchev–Trinajstić information content (AvgIpc) is 3.20. The molecule has 4 rings (SSSR count). The minimum absolute atomic E-state index is 0.0106. The summed E-state index contributed by atoms with van der Waals surface area (Å²) in [7, 11) is 0. The molecule has 140 valence electrons. The first kappa shape index (κ1) is 18.3. The summed E-state index contributed by atoms with van der Waals surface area (Å²) in [4.78, 5) is 18.2. The molecule has 0 amide bonds. The molecule has 1 fully saturated rings. The van der Waals surface area contributed by atoms with E-state index in [-0.39, 0.29) is 11.7 Å². The van der Waals surface area contributed by atoms with Crippen LogP contribution in [0, 0.1) is 0 Å².